The molecule has 1 aromatic carbocycles. The molecule has 4 aliphatic rings. The van der Waals surface area contributed by atoms with Crippen molar-refractivity contribution in [2.24, 2.45) is 23.2 Å². The molecule has 4 fully saturated rings. The third-order valence-corrected chi connectivity index (χ3v) is 7.50. The van der Waals surface area contributed by atoms with Gasteiger partial charge in [-0.05, 0) is 93.2 Å². The van der Waals surface area contributed by atoms with Crippen LogP contribution in [-0.4, -0.2) is 25.5 Å². The molecule has 0 N–H and O–H groups in total. The molecule has 0 heterocycles. The standard InChI is InChI=1S/C25H36O4/c1-4-17(3)21-6-8-22(9-7-21)29-23(27-5-2)16-28-24(26)25-13-18-10-19(14-25)12-20(11-18)15-25/h6-9,17-20,23H,4-5,10-16H2,1-3H3. The van der Waals surface area contributed by atoms with E-state index in [0.29, 0.717) is 12.5 Å². The molecule has 4 saturated carbocycles. The monoisotopic (exact) mass is 400 g/mol. The Bertz CT molecular complexity index is 660. The van der Waals surface area contributed by atoms with Gasteiger partial charge in [0.2, 0.25) is 6.29 Å². The molecule has 0 aliphatic heterocycles. The van der Waals surface area contributed by atoms with Gasteiger partial charge in [0.15, 0.2) is 6.61 Å². The van der Waals surface area contributed by atoms with Crippen LogP contribution in [0.2, 0.25) is 0 Å². The summed E-state index contributed by atoms with van der Waals surface area (Å²) < 4.78 is 17.5. The maximum Gasteiger partial charge on any atom is 0.312 e. The normalized spacial score (nSPS) is 32.0. The molecule has 5 rings (SSSR count). The molecule has 2 unspecified atom stereocenters. The van der Waals surface area contributed by atoms with Crippen molar-refractivity contribution < 1.29 is 19.0 Å². The topological polar surface area (TPSA) is 44.8 Å². The predicted octanol–water partition coefficient (Wildman–Crippen LogP) is 5.70. The SMILES string of the molecule is CCOC(COC(=O)C12CC3CC(CC(C3)C1)C2)Oc1ccc(C(C)CC)cc1. The highest BCUT2D eigenvalue weighted by Gasteiger charge is 2.55. The number of carbonyl (C=O) groups is 1. The third-order valence-electron chi connectivity index (χ3n) is 7.50. The van der Waals surface area contributed by atoms with E-state index >= 15 is 0 Å². The molecule has 4 aliphatic carbocycles. The minimum absolute atomic E-state index is 0.0166. The summed E-state index contributed by atoms with van der Waals surface area (Å²) in [6.07, 6.45) is 7.59. The highest BCUT2D eigenvalue weighted by atomic mass is 16.7. The molecular formula is C25H36O4. The van der Waals surface area contributed by atoms with Crippen molar-refractivity contribution in [1.82, 2.24) is 0 Å². The fraction of sp³-hybridized carbons (Fsp3) is 0.720. The summed E-state index contributed by atoms with van der Waals surface area (Å²) in [6, 6.07) is 8.17. The first-order valence-electron chi connectivity index (χ1n) is 11.6. The first kappa shape index (κ1) is 20.7. The minimum Gasteiger partial charge on any atom is -0.461 e. The molecule has 29 heavy (non-hydrogen) atoms. The van der Waals surface area contributed by atoms with E-state index in [1.54, 1.807) is 0 Å². The van der Waals surface area contributed by atoms with Gasteiger partial charge in [-0.2, -0.15) is 0 Å². The second-order valence-corrected chi connectivity index (χ2v) is 9.68. The average molecular weight is 401 g/mol. The van der Waals surface area contributed by atoms with Crippen LogP contribution in [0.15, 0.2) is 24.3 Å². The predicted molar refractivity (Wildman–Crippen MR) is 113 cm³/mol. The lowest BCUT2D eigenvalue weighted by molar-refractivity contribution is -0.183. The minimum atomic E-state index is -0.563. The largest absolute Gasteiger partial charge is 0.461 e. The Balaban J connectivity index is 1.34. The molecule has 4 heteroatoms. The van der Waals surface area contributed by atoms with Crippen LogP contribution in [0.1, 0.15) is 77.2 Å². The number of rotatable bonds is 9. The Morgan fingerprint density at radius 3 is 2.14 bits per heavy atom. The van der Waals surface area contributed by atoms with E-state index < -0.39 is 6.29 Å². The van der Waals surface area contributed by atoms with Gasteiger partial charge in [-0.25, -0.2) is 0 Å². The lowest BCUT2D eigenvalue weighted by Crippen LogP contribution is -2.51. The van der Waals surface area contributed by atoms with E-state index in [1.807, 2.05) is 19.1 Å². The molecule has 0 aromatic heterocycles. The maximum atomic E-state index is 13.1. The van der Waals surface area contributed by atoms with Crippen molar-refractivity contribution in [3.05, 3.63) is 29.8 Å². The summed E-state index contributed by atoms with van der Waals surface area (Å²) >= 11 is 0. The number of carbonyl (C=O) groups excluding carboxylic acids is 1. The summed E-state index contributed by atoms with van der Waals surface area (Å²) in [5.74, 6) is 3.47. The Kier molecular flexibility index (Phi) is 6.19. The Morgan fingerprint density at radius 1 is 1.03 bits per heavy atom. The average Bonchev–Trinajstić information content (AvgIpc) is 2.71. The Morgan fingerprint density at radius 2 is 1.62 bits per heavy atom. The van der Waals surface area contributed by atoms with Crippen molar-refractivity contribution in [1.29, 1.82) is 0 Å². The van der Waals surface area contributed by atoms with Gasteiger partial charge in [0.25, 0.3) is 0 Å². The summed E-state index contributed by atoms with van der Waals surface area (Å²) in [5, 5.41) is 0. The van der Waals surface area contributed by atoms with E-state index in [0.717, 1.165) is 49.2 Å². The van der Waals surface area contributed by atoms with Crippen LogP contribution in [0, 0.1) is 23.2 Å². The van der Waals surface area contributed by atoms with Crippen molar-refractivity contribution in [2.75, 3.05) is 13.2 Å². The van der Waals surface area contributed by atoms with Crippen LogP contribution in [0.3, 0.4) is 0 Å². The zero-order chi connectivity index (χ0) is 20.4. The Labute approximate surface area is 175 Å². The molecule has 0 saturated heterocycles. The number of hydrogen-bond acceptors (Lipinski definition) is 4. The smallest absolute Gasteiger partial charge is 0.312 e. The number of hydrogen-bond donors (Lipinski definition) is 0. The van der Waals surface area contributed by atoms with E-state index in [2.05, 4.69) is 26.0 Å². The summed E-state index contributed by atoms with van der Waals surface area (Å²) in [6.45, 7) is 7.02. The fourth-order valence-corrected chi connectivity index (χ4v) is 6.22. The van der Waals surface area contributed by atoms with Crippen molar-refractivity contribution >= 4 is 5.97 Å². The third kappa shape index (κ3) is 4.47. The molecule has 0 spiro atoms. The molecule has 1 aromatic rings. The van der Waals surface area contributed by atoms with Gasteiger partial charge in [0.1, 0.15) is 5.75 Å². The van der Waals surface area contributed by atoms with Crippen molar-refractivity contribution in [2.45, 2.75) is 77.9 Å². The van der Waals surface area contributed by atoms with Gasteiger partial charge in [0, 0.05) is 6.61 Å². The van der Waals surface area contributed by atoms with Crippen LogP contribution in [0.5, 0.6) is 5.75 Å². The number of benzene rings is 1. The van der Waals surface area contributed by atoms with Crippen molar-refractivity contribution in [3.63, 3.8) is 0 Å². The van der Waals surface area contributed by atoms with E-state index in [9.17, 15) is 4.79 Å². The second-order valence-electron chi connectivity index (χ2n) is 9.68. The Hall–Kier alpha value is -1.55. The van der Waals surface area contributed by atoms with Gasteiger partial charge in [0.05, 0.1) is 5.41 Å². The highest BCUT2D eigenvalue weighted by molar-refractivity contribution is 5.77. The molecule has 0 radical (unpaired) electrons. The number of ether oxygens (including phenoxy) is 3. The zero-order valence-corrected chi connectivity index (χ0v) is 18.2. The van der Waals surface area contributed by atoms with E-state index in [4.69, 9.17) is 14.2 Å². The quantitative estimate of drug-likeness (QED) is 0.394. The second kappa shape index (κ2) is 8.67. The van der Waals surface area contributed by atoms with Gasteiger partial charge < -0.3 is 14.2 Å². The molecule has 4 bridgehead atoms. The van der Waals surface area contributed by atoms with Crippen LogP contribution in [-0.2, 0) is 14.3 Å². The van der Waals surface area contributed by atoms with Crippen molar-refractivity contribution in [3.8, 4) is 5.75 Å². The van der Waals surface area contributed by atoms with E-state index in [1.165, 1.54) is 24.8 Å². The van der Waals surface area contributed by atoms with Crippen LogP contribution in [0.4, 0.5) is 0 Å². The summed E-state index contributed by atoms with van der Waals surface area (Å²) in [4.78, 5) is 13.1. The lowest BCUT2D eigenvalue weighted by Gasteiger charge is -2.55. The first-order valence-corrected chi connectivity index (χ1v) is 11.6. The van der Waals surface area contributed by atoms with Crippen LogP contribution >= 0.6 is 0 Å². The summed E-state index contributed by atoms with van der Waals surface area (Å²) in [5.41, 5.74) is 1.07. The molecule has 160 valence electrons. The lowest BCUT2D eigenvalue weighted by atomic mass is 9.49. The zero-order valence-electron chi connectivity index (χ0n) is 18.2. The molecule has 4 nitrogen and oxygen atoms in total. The maximum absolute atomic E-state index is 13.1. The summed E-state index contributed by atoms with van der Waals surface area (Å²) in [7, 11) is 0. The molecule has 2 atom stereocenters. The van der Waals surface area contributed by atoms with Crippen LogP contribution < -0.4 is 4.74 Å². The first-order chi connectivity index (χ1) is 14.0. The van der Waals surface area contributed by atoms with Crippen LogP contribution in [0.25, 0.3) is 0 Å². The fourth-order valence-electron chi connectivity index (χ4n) is 6.22. The van der Waals surface area contributed by atoms with E-state index in [-0.39, 0.29) is 18.0 Å². The number of esters is 1. The van der Waals surface area contributed by atoms with Gasteiger partial charge in [-0.1, -0.05) is 26.0 Å². The van der Waals surface area contributed by atoms with Gasteiger partial charge in [-0.3, -0.25) is 4.79 Å². The highest BCUT2D eigenvalue weighted by Crippen LogP contribution is 2.60. The van der Waals surface area contributed by atoms with Gasteiger partial charge in [-0.15, -0.1) is 0 Å². The molecular weight excluding hydrogens is 364 g/mol. The molecule has 0 amide bonds. The van der Waals surface area contributed by atoms with Gasteiger partial charge >= 0.3 is 5.97 Å².